The normalized spacial score (nSPS) is 7.50. The maximum Gasteiger partial charge on any atom is 0 e. The number of benzene rings is 1. The van der Waals surface area contributed by atoms with E-state index in [4.69, 9.17) is 5.73 Å². The summed E-state index contributed by atoms with van der Waals surface area (Å²) in [6, 6.07) is 10.1. The van der Waals surface area contributed by atoms with Crippen LogP contribution in [0.3, 0.4) is 0 Å². The number of hydrogen-bond donors (Lipinski definition) is 1. The predicted molar refractivity (Wildman–Crippen MR) is 29.7 cm³/mol. The van der Waals surface area contributed by atoms with Gasteiger partial charge in [0.15, 0.2) is 0 Å². The Labute approximate surface area is 74.2 Å². The van der Waals surface area contributed by atoms with Crippen LogP contribution in [0.4, 0.5) is 5.69 Å². The van der Waals surface area contributed by atoms with Crippen molar-refractivity contribution in [1.29, 1.82) is 0 Å². The van der Waals surface area contributed by atoms with Gasteiger partial charge in [-0.15, -0.1) is 0 Å². The average Bonchev–Trinajstić information content (AvgIpc) is 1.69. The predicted octanol–water partition coefficient (Wildman–Crippen LogP) is 1.07. The Morgan fingerprint density at radius 2 is 2.25 bits per heavy atom. The molecule has 0 atom stereocenters. The van der Waals surface area contributed by atoms with E-state index in [-0.39, 0.29) is 32.7 Å². The van der Waals surface area contributed by atoms with Gasteiger partial charge in [0.25, 0.3) is 0 Å². The van der Waals surface area contributed by atoms with Crippen LogP contribution in [0.5, 0.6) is 0 Å². The van der Waals surface area contributed by atoms with Crippen molar-refractivity contribution in [3.63, 3.8) is 0 Å². The molecule has 0 bridgehead atoms. The third-order valence-corrected chi connectivity index (χ3v) is 0.731. The minimum absolute atomic E-state index is 0. The fraction of sp³-hybridized carbons (Fsp3) is 0. The maximum atomic E-state index is 5.33. The van der Waals surface area contributed by atoms with Gasteiger partial charge in [-0.25, -0.2) is 0 Å². The van der Waals surface area contributed by atoms with Gasteiger partial charge in [-0.05, 0) is 0 Å². The molecule has 0 saturated carbocycles. The number of nitrogens with two attached hydrogens (primary N) is 1. The zero-order chi connectivity index (χ0) is 5.11. The summed E-state index contributed by atoms with van der Waals surface area (Å²) < 4.78 is 0. The minimum atomic E-state index is 0. The van der Waals surface area contributed by atoms with Crippen molar-refractivity contribution < 1.29 is 32.7 Å². The van der Waals surface area contributed by atoms with Gasteiger partial charge in [0.1, 0.15) is 0 Å². The largest absolute Gasteiger partial charge is 0.449 e. The van der Waals surface area contributed by atoms with E-state index >= 15 is 0 Å². The van der Waals surface area contributed by atoms with Crippen LogP contribution < -0.4 is 5.73 Å². The molecule has 0 fully saturated rings. The summed E-state index contributed by atoms with van der Waals surface area (Å²) in [4.78, 5) is 0. The van der Waals surface area contributed by atoms with E-state index in [1.807, 2.05) is 18.2 Å². The first-order valence-corrected chi connectivity index (χ1v) is 2.11. The maximum absolute atomic E-state index is 5.33. The molecule has 8 heavy (non-hydrogen) atoms. The molecule has 0 aromatic heterocycles. The second-order valence-electron chi connectivity index (χ2n) is 1.34. The monoisotopic (exact) mass is 181 g/mol. The van der Waals surface area contributed by atoms with Gasteiger partial charge in [-0.3, -0.25) is 0 Å². The molecule has 2 heteroatoms. The molecule has 2 N–H and O–H groups in total. The first kappa shape index (κ1) is 8.12. The Morgan fingerprint density at radius 1 is 1.50 bits per heavy atom. The quantitative estimate of drug-likeness (QED) is 0.470. The Morgan fingerprint density at radius 3 is 2.50 bits per heavy atom. The molecule has 1 rings (SSSR count). The third kappa shape index (κ3) is 2.44. The van der Waals surface area contributed by atoms with Gasteiger partial charge in [0, 0.05) is 32.7 Å². The van der Waals surface area contributed by atoms with Gasteiger partial charge < -0.3 is 5.73 Å². The zero-order valence-corrected chi connectivity index (χ0v) is 7.30. The van der Waals surface area contributed by atoms with Crippen molar-refractivity contribution in [1.82, 2.24) is 0 Å². The van der Waals surface area contributed by atoms with Crippen LogP contribution in [0.1, 0.15) is 0 Å². The minimum Gasteiger partial charge on any atom is -0.449 e. The van der Waals surface area contributed by atoms with E-state index in [0.29, 0.717) is 0 Å². The summed E-state index contributed by atoms with van der Waals surface area (Å²) in [6.07, 6.45) is 0. The molecule has 0 amide bonds. The van der Waals surface area contributed by atoms with E-state index < -0.39 is 0 Å². The molecule has 39 valence electrons. The molecule has 0 saturated heterocycles. The summed E-state index contributed by atoms with van der Waals surface area (Å²) in [5.41, 5.74) is 6.09. The number of nitrogen functional groups attached to an aromatic ring is 1. The van der Waals surface area contributed by atoms with Crippen LogP contribution in [0.25, 0.3) is 0 Å². The second-order valence-corrected chi connectivity index (χ2v) is 1.34. The average molecular weight is 181 g/mol. The molecule has 1 nitrogen and oxygen atoms in total. The van der Waals surface area contributed by atoms with E-state index in [1.165, 1.54) is 0 Å². The van der Waals surface area contributed by atoms with Gasteiger partial charge in [-0.1, -0.05) is 5.69 Å². The van der Waals surface area contributed by atoms with Gasteiger partial charge in [-0.2, -0.15) is 30.3 Å². The fourth-order valence-electron chi connectivity index (χ4n) is 0.407. The third-order valence-electron chi connectivity index (χ3n) is 0.731. The van der Waals surface area contributed by atoms with Crippen molar-refractivity contribution in [3.05, 3.63) is 30.3 Å². The molecule has 0 aliphatic carbocycles. The Hall–Kier alpha value is 0.124. The standard InChI is InChI=1S/C6H6N.Y/c7-6-4-2-1-3-5-6;/h1-2,4-5H,7H2;/q-1;. The second kappa shape index (κ2) is 4.05. The molecule has 0 aliphatic heterocycles. The molecular formula is C6H6NY-. The van der Waals surface area contributed by atoms with Gasteiger partial charge in [0.2, 0.25) is 0 Å². The van der Waals surface area contributed by atoms with Crippen LogP contribution in [-0.2, 0) is 32.7 Å². The summed E-state index contributed by atoms with van der Waals surface area (Å²) in [5.74, 6) is 0. The smallest absolute Gasteiger partial charge is 0 e. The molecule has 0 spiro atoms. The number of anilines is 1. The van der Waals surface area contributed by atoms with Gasteiger partial charge in [0.05, 0.1) is 0 Å². The Bertz CT molecular complexity index is 138. The molecule has 0 unspecified atom stereocenters. The molecule has 0 aliphatic rings. The van der Waals surface area contributed by atoms with Crippen LogP contribution in [0.2, 0.25) is 0 Å². The van der Waals surface area contributed by atoms with Crippen molar-refractivity contribution in [2.75, 3.05) is 5.73 Å². The Kier molecular flexibility index (Phi) is 4.11. The number of rotatable bonds is 0. The number of hydrogen-bond acceptors (Lipinski definition) is 1. The van der Waals surface area contributed by atoms with E-state index in [9.17, 15) is 0 Å². The van der Waals surface area contributed by atoms with Crippen LogP contribution in [0.15, 0.2) is 24.3 Å². The summed E-state index contributed by atoms with van der Waals surface area (Å²) in [5, 5.41) is 0. The van der Waals surface area contributed by atoms with E-state index in [0.717, 1.165) is 5.69 Å². The van der Waals surface area contributed by atoms with Crippen LogP contribution in [-0.4, -0.2) is 0 Å². The van der Waals surface area contributed by atoms with Crippen LogP contribution >= 0.6 is 0 Å². The van der Waals surface area contributed by atoms with Crippen molar-refractivity contribution in [2.45, 2.75) is 0 Å². The van der Waals surface area contributed by atoms with E-state index in [2.05, 4.69) is 6.07 Å². The van der Waals surface area contributed by atoms with E-state index in [1.54, 1.807) is 6.07 Å². The first-order chi connectivity index (χ1) is 3.39. The van der Waals surface area contributed by atoms with Crippen molar-refractivity contribution in [2.24, 2.45) is 0 Å². The van der Waals surface area contributed by atoms with Crippen LogP contribution in [0, 0.1) is 6.07 Å². The fourth-order valence-corrected chi connectivity index (χ4v) is 0.407. The summed E-state index contributed by atoms with van der Waals surface area (Å²) in [6.45, 7) is 0. The topological polar surface area (TPSA) is 26.0 Å². The molecule has 1 aromatic rings. The zero-order valence-electron chi connectivity index (χ0n) is 4.46. The molecule has 1 radical (unpaired) electrons. The first-order valence-electron chi connectivity index (χ1n) is 2.11. The van der Waals surface area contributed by atoms with Crippen molar-refractivity contribution in [3.8, 4) is 0 Å². The summed E-state index contributed by atoms with van der Waals surface area (Å²) >= 11 is 0. The van der Waals surface area contributed by atoms with Crippen molar-refractivity contribution >= 4 is 5.69 Å². The Balaban J connectivity index is 0.000000490. The summed E-state index contributed by atoms with van der Waals surface area (Å²) in [7, 11) is 0. The molecule has 1 aromatic carbocycles. The van der Waals surface area contributed by atoms with Gasteiger partial charge >= 0.3 is 0 Å². The SMILES string of the molecule is Nc1c[c-]ccc1.[Y]. The molecule has 0 heterocycles. The molecular weight excluding hydrogens is 175 g/mol.